The maximum atomic E-state index is 6.78. The Morgan fingerprint density at radius 3 is 1.78 bits per heavy atom. The Kier molecular flexibility index (Phi) is 7.05. The number of hydrogen-bond donors (Lipinski definition) is 0. The molecule has 0 aliphatic carbocycles. The first-order valence-corrected chi connectivity index (χ1v) is 21.4. The van der Waals surface area contributed by atoms with Crippen molar-refractivity contribution in [3.8, 4) is 34.0 Å². The first-order valence-electron chi connectivity index (χ1n) is 21.4. The van der Waals surface area contributed by atoms with E-state index in [1.165, 1.54) is 48.7 Å². The molecule has 14 rings (SSSR count). The predicted octanol–water partition coefficient (Wildman–Crippen LogP) is 15.4. The standard InChI is InChI=1S/C58H34N4O/c1-2-15-39(16-3-1)61-49-24-11-9-19-42(49)46-33-37(26-29-50(46)61)38-27-30-51-47(34-38)54-40-17-6-4-13-35(40)25-31-52(54)62(51)58-59-48-23-10-8-20-43(48)56(60-58)45-22-12-21-44-55-41-18-7-5-14-36(41)28-32-53(55)63-57(44)45/h1-34H. The van der Waals surface area contributed by atoms with Crippen molar-refractivity contribution < 1.29 is 4.42 Å². The van der Waals surface area contributed by atoms with E-state index in [1.54, 1.807) is 0 Å². The minimum Gasteiger partial charge on any atom is -0.455 e. The number of benzene rings is 10. The van der Waals surface area contributed by atoms with Crippen LogP contribution in [0.25, 0.3) is 132 Å². The van der Waals surface area contributed by atoms with Crippen molar-refractivity contribution >= 4 is 98.0 Å². The van der Waals surface area contributed by atoms with E-state index in [4.69, 9.17) is 14.4 Å². The summed E-state index contributed by atoms with van der Waals surface area (Å²) < 4.78 is 11.4. The third kappa shape index (κ3) is 4.93. The third-order valence-electron chi connectivity index (χ3n) is 13.1. The van der Waals surface area contributed by atoms with Gasteiger partial charge in [0.25, 0.3) is 0 Å². The molecule has 0 aliphatic rings. The quantitative estimate of drug-likeness (QED) is 0.178. The summed E-state index contributed by atoms with van der Waals surface area (Å²) in [5, 5.41) is 12.7. The second-order valence-corrected chi connectivity index (χ2v) is 16.5. The minimum absolute atomic E-state index is 0.612. The number of hydrogen-bond acceptors (Lipinski definition) is 3. The fourth-order valence-corrected chi connectivity index (χ4v) is 10.3. The first-order chi connectivity index (χ1) is 31.2. The van der Waals surface area contributed by atoms with E-state index in [0.717, 1.165) is 77.3 Å². The molecule has 0 aliphatic heterocycles. The molecule has 0 bridgehead atoms. The molecule has 292 valence electrons. The normalized spacial score (nSPS) is 12.1. The lowest BCUT2D eigenvalue weighted by Crippen LogP contribution is -2.03. The smallest absolute Gasteiger partial charge is 0.235 e. The van der Waals surface area contributed by atoms with Crippen LogP contribution >= 0.6 is 0 Å². The van der Waals surface area contributed by atoms with Crippen LogP contribution in [0.2, 0.25) is 0 Å². The highest BCUT2D eigenvalue weighted by atomic mass is 16.3. The van der Waals surface area contributed by atoms with E-state index >= 15 is 0 Å². The van der Waals surface area contributed by atoms with Gasteiger partial charge in [0.2, 0.25) is 5.95 Å². The maximum absolute atomic E-state index is 6.78. The molecule has 0 saturated heterocycles. The SMILES string of the molecule is c1ccc(-n2c3ccccc3c3cc(-c4ccc5c(c4)c4c6ccccc6ccc4n5-c4nc(-c5cccc6c5oc5ccc7ccccc7c56)c5ccccc5n4)ccc32)cc1. The van der Waals surface area contributed by atoms with Crippen LogP contribution in [0.5, 0.6) is 0 Å². The highest BCUT2D eigenvalue weighted by Crippen LogP contribution is 2.43. The molecule has 14 aromatic rings. The fourth-order valence-electron chi connectivity index (χ4n) is 10.3. The van der Waals surface area contributed by atoms with Crippen molar-refractivity contribution in [1.29, 1.82) is 0 Å². The third-order valence-corrected chi connectivity index (χ3v) is 13.1. The van der Waals surface area contributed by atoms with E-state index < -0.39 is 0 Å². The molecular formula is C58H34N4O. The molecule has 0 unspecified atom stereocenters. The Labute approximate surface area is 360 Å². The van der Waals surface area contributed by atoms with Gasteiger partial charge in [0.1, 0.15) is 11.2 Å². The molecule has 63 heavy (non-hydrogen) atoms. The molecule has 0 radical (unpaired) electrons. The highest BCUT2D eigenvalue weighted by Gasteiger charge is 2.22. The summed E-state index contributed by atoms with van der Waals surface area (Å²) in [4.78, 5) is 10.9. The molecular weight excluding hydrogens is 769 g/mol. The fraction of sp³-hybridized carbons (Fsp3) is 0. The Morgan fingerprint density at radius 1 is 0.365 bits per heavy atom. The molecule has 0 atom stereocenters. The Balaban J connectivity index is 1.01. The summed E-state index contributed by atoms with van der Waals surface area (Å²) in [5.41, 5.74) is 12.3. The van der Waals surface area contributed by atoms with Crippen LogP contribution in [0.1, 0.15) is 0 Å². The van der Waals surface area contributed by atoms with Gasteiger partial charge in [0.05, 0.1) is 33.3 Å². The molecule has 0 N–H and O–H groups in total. The van der Waals surface area contributed by atoms with Gasteiger partial charge in [-0.05, 0) is 99.4 Å². The molecule has 0 saturated carbocycles. The topological polar surface area (TPSA) is 48.8 Å². The van der Waals surface area contributed by atoms with Crippen LogP contribution in [0.4, 0.5) is 0 Å². The molecule has 0 fully saturated rings. The second-order valence-electron chi connectivity index (χ2n) is 16.5. The van der Waals surface area contributed by atoms with Crippen molar-refractivity contribution in [1.82, 2.24) is 19.1 Å². The Hall–Kier alpha value is -8.54. The van der Waals surface area contributed by atoms with Gasteiger partial charge in [-0.2, -0.15) is 0 Å². The first kappa shape index (κ1) is 34.2. The van der Waals surface area contributed by atoms with Gasteiger partial charge in [0.15, 0.2) is 0 Å². The number of nitrogens with zero attached hydrogens (tertiary/aromatic N) is 4. The van der Waals surface area contributed by atoms with Crippen LogP contribution < -0.4 is 0 Å². The summed E-state index contributed by atoms with van der Waals surface area (Å²) in [7, 11) is 0. The van der Waals surface area contributed by atoms with Crippen molar-refractivity contribution in [3.05, 3.63) is 206 Å². The molecule has 4 aromatic heterocycles. The molecule has 5 heteroatoms. The van der Waals surface area contributed by atoms with E-state index in [-0.39, 0.29) is 0 Å². The summed E-state index contributed by atoms with van der Waals surface area (Å²) in [6, 6.07) is 73.7. The summed E-state index contributed by atoms with van der Waals surface area (Å²) in [6.07, 6.45) is 0. The van der Waals surface area contributed by atoms with Crippen LogP contribution in [0, 0.1) is 0 Å². The van der Waals surface area contributed by atoms with Gasteiger partial charge < -0.3 is 8.98 Å². The van der Waals surface area contributed by atoms with Crippen LogP contribution in [0.15, 0.2) is 211 Å². The molecule has 0 amide bonds. The lowest BCUT2D eigenvalue weighted by Gasteiger charge is -2.12. The lowest BCUT2D eigenvalue weighted by atomic mass is 9.99. The van der Waals surface area contributed by atoms with Crippen molar-refractivity contribution in [3.63, 3.8) is 0 Å². The van der Waals surface area contributed by atoms with Gasteiger partial charge in [-0.3, -0.25) is 4.57 Å². The summed E-state index contributed by atoms with van der Waals surface area (Å²) in [6.45, 7) is 0. The van der Waals surface area contributed by atoms with Gasteiger partial charge in [-0.1, -0.05) is 140 Å². The molecule has 10 aromatic carbocycles. The minimum atomic E-state index is 0.612. The molecule has 4 heterocycles. The van der Waals surface area contributed by atoms with Gasteiger partial charge in [-0.15, -0.1) is 0 Å². The Morgan fingerprint density at radius 2 is 0.968 bits per heavy atom. The van der Waals surface area contributed by atoms with E-state index in [9.17, 15) is 0 Å². The summed E-state index contributed by atoms with van der Waals surface area (Å²) in [5.74, 6) is 0.612. The average molecular weight is 803 g/mol. The average Bonchev–Trinajstić information content (AvgIpc) is 4.02. The zero-order chi connectivity index (χ0) is 41.2. The van der Waals surface area contributed by atoms with Crippen LogP contribution in [-0.2, 0) is 0 Å². The van der Waals surface area contributed by atoms with E-state index in [1.807, 2.05) is 0 Å². The largest absolute Gasteiger partial charge is 0.455 e. The van der Waals surface area contributed by atoms with E-state index in [2.05, 4.69) is 215 Å². The number of furan rings is 1. The number of rotatable bonds is 4. The van der Waals surface area contributed by atoms with E-state index in [0.29, 0.717) is 5.95 Å². The van der Waals surface area contributed by atoms with Gasteiger partial charge >= 0.3 is 0 Å². The van der Waals surface area contributed by atoms with Crippen molar-refractivity contribution in [2.75, 3.05) is 0 Å². The molecule has 0 spiro atoms. The number of fused-ring (bicyclic) bond motifs is 14. The number of aromatic nitrogens is 4. The highest BCUT2D eigenvalue weighted by molar-refractivity contribution is 6.23. The zero-order valence-electron chi connectivity index (χ0n) is 33.8. The second kappa shape index (κ2) is 13.0. The van der Waals surface area contributed by atoms with Crippen LogP contribution in [0.3, 0.4) is 0 Å². The Bertz CT molecular complexity index is 4210. The van der Waals surface area contributed by atoms with Gasteiger partial charge in [-0.25, -0.2) is 9.97 Å². The van der Waals surface area contributed by atoms with Crippen LogP contribution in [-0.4, -0.2) is 19.1 Å². The van der Waals surface area contributed by atoms with Gasteiger partial charge in [0, 0.05) is 49.0 Å². The maximum Gasteiger partial charge on any atom is 0.235 e. The van der Waals surface area contributed by atoms with Crippen molar-refractivity contribution in [2.24, 2.45) is 0 Å². The number of para-hydroxylation sites is 4. The van der Waals surface area contributed by atoms with Crippen molar-refractivity contribution in [2.45, 2.75) is 0 Å². The monoisotopic (exact) mass is 802 g/mol. The summed E-state index contributed by atoms with van der Waals surface area (Å²) >= 11 is 0. The predicted molar refractivity (Wildman–Crippen MR) is 261 cm³/mol. The lowest BCUT2D eigenvalue weighted by molar-refractivity contribution is 0.670. The zero-order valence-corrected chi connectivity index (χ0v) is 33.8. The molecule has 5 nitrogen and oxygen atoms in total.